The van der Waals surface area contributed by atoms with Crippen molar-refractivity contribution in [3.63, 3.8) is 0 Å². The summed E-state index contributed by atoms with van der Waals surface area (Å²) in [6.07, 6.45) is 0.600. The van der Waals surface area contributed by atoms with Crippen LogP contribution in [0.4, 0.5) is 5.69 Å². The molecule has 0 radical (unpaired) electrons. The van der Waals surface area contributed by atoms with E-state index in [1.807, 2.05) is 32.0 Å². The van der Waals surface area contributed by atoms with Crippen LogP contribution >= 0.6 is 11.8 Å². The maximum atomic E-state index is 12.7. The number of nitrogens with zero attached hydrogens (tertiary/aromatic N) is 4. The molecule has 2 heterocycles. The van der Waals surface area contributed by atoms with Gasteiger partial charge in [-0.3, -0.25) is 18.7 Å². The Labute approximate surface area is 172 Å². The SMILES string of the molecule is CC(C)Cc1nc(SCC(=O)Nc2ccccc2)c2c(=O)n(C)c(=O)n(C)c2n1. The number of benzene rings is 1. The van der Waals surface area contributed by atoms with E-state index in [1.54, 1.807) is 19.2 Å². The van der Waals surface area contributed by atoms with Gasteiger partial charge in [0.1, 0.15) is 16.2 Å². The quantitative estimate of drug-likeness (QED) is 0.490. The van der Waals surface area contributed by atoms with Gasteiger partial charge >= 0.3 is 5.69 Å². The highest BCUT2D eigenvalue weighted by Gasteiger charge is 2.18. The molecular weight excluding hydrogens is 390 g/mol. The van der Waals surface area contributed by atoms with Gasteiger partial charge in [-0.15, -0.1) is 0 Å². The summed E-state index contributed by atoms with van der Waals surface area (Å²) >= 11 is 1.16. The van der Waals surface area contributed by atoms with Crippen LogP contribution in [0, 0.1) is 5.92 Å². The van der Waals surface area contributed by atoms with Crippen LogP contribution in [0.3, 0.4) is 0 Å². The van der Waals surface area contributed by atoms with Crippen molar-refractivity contribution in [3.8, 4) is 0 Å². The number of aromatic nitrogens is 4. The molecule has 1 aromatic carbocycles. The zero-order valence-corrected chi connectivity index (χ0v) is 17.6. The van der Waals surface area contributed by atoms with E-state index in [0.29, 0.717) is 28.9 Å². The van der Waals surface area contributed by atoms with Gasteiger partial charge in [0, 0.05) is 26.2 Å². The fraction of sp³-hybridized carbons (Fsp3) is 0.350. The number of thioether (sulfide) groups is 1. The summed E-state index contributed by atoms with van der Waals surface area (Å²) < 4.78 is 2.37. The number of carbonyl (C=O) groups is 1. The number of anilines is 1. The minimum Gasteiger partial charge on any atom is -0.325 e. The van der Waals surface area contributed by atoms with Crippen LogP contribution in [0.5, 0.6) is 0 Å². The lowest BCUT2D eigenvalue weighted by atomic mass is 10.1. The Morgan fingerprint density at radius 1 is 1.10 bits per heavy atom. The molecule has 0 bridgehead atoms. The number of hydrogen-bond acceptors (Lipinski definition) is 6. The molecule has 2 aromatic heterocycles. The summed E-state index contributed by atoms with van der Waals surface area (Å²) in [5.74, 6) is 0.714. The third-order valence-corrected chi connectivity index (χ3v) is 5.28. The fourth-order valence-electron chi connectivity index (χ4n) is 2.89. The Morgan fingerprint density at radius 2 is 1.79 bits per heavy atom. The molecule has 3 aromatic rings. The van der Waals surface area contributed by atoms with Crippen molar-refractivity contribution in [2.24, 2.45) is 20.0 Å². The van der Waals surface area contributed by atoms with Gasteiger partial charge in [0.15, 0.2) is 5.65 Å². The lowest BCUT2D eigenvalue weighted by molar-refractivity contribution is -0.113. The van der Waals surface area contributed by atoms with Crippen LogP contribution in [0.15, 0.2) is 44.9 Å². The van der Waals surface area contributed by atoms with E-state index in [9.17, 15) is 14.4 Å². The highest BCUT2D eigenvalue weighted by atomic mass is 32.2. The Kier molecular flexibility index (Phi) is 6.17. The lowest BCUT2D eigenvalue weighted by Crippen LogP contribution is -2.38. The predicted molar refractivity (Wildman–Crippen MR) is 114 cm³/mol. The average molecular weight is 414 g/mol. The topological polar surface area (TPSA) is 98.9 Å². The first-order chi connectivity index (χ1) is 13.8. The van der Waals surface area contributed by atoms with Crippen LogP contribution in [-0.2, 0) is 25.3 Å². The summed E-state index contributed by atoms with van der Waals surface area (Å²) in [7, 11) is 3.00. The third-order valence-electron chi connectivity index (χ3n) is 4.30. The first kappa shape index (κ1) is 20.8. The highest BCUT2D eigenvalue weighted by Crippen LogP contribution is 2.23. The van der Waals surface area contributed by atoms with E-state index < -0.39 is 11.2 Å². The number of fused-ring (bicyclic) bond motifs is 1. The molecule has 8 nitrogen and oxygen atoms in total. The van der Waals surface area contributed by atoms with Gasteiger partial charge in [-0.1, -0.05) is 43.8 Å². The lowest BCUT2D eigenvalue weighted by Gasteiger charge is -2.12. The number of carbonyl (C=O) groups excluding carboxylic acids is 1. The average Bonchev–Trinajstić information content (AvgIpc) is 2.69. The number of amides is 1. The zero-order chi connectivity index (χ0) is 21.1. The van der Waals surface area contributed by atoms with Crippen LogP contribution in [-0.4, -0.2) is 30.8 Å². The van der Waals surface area contributed by atoms with Gasteiger partial charge in [0.25, 0.3) is 5.56 Å². The minimum atomic E-state index is -0.467. The molecule has 29 heavy (non-hydrogen) atoms. The first-order valence-electron chi connectivity index (χ1n) is 9.22. The van der Waals surface area contributed by atoms with Gasteiger partial charge in [-0.2, -0.15) is 0 Å². The summed E-state index contributed by atoms with van der Waals surface area (Å²) in [4.78, 5) is 46.4. The molecule has 0 aliphatic carbocycles. The molecule has 0 spiro atoms. The van der Waals surface area contributed by atoms with Gasteiger partial charge in [-0.25, -0.2) is 14.8 Å². The maximum absolute atomic E-state index is 12.7. The normalized spacial score (nSPS) is 11.2. The van der Waals surface area contributed by atoms with Crippen LogP contribution < -0.4 is 16.6 Å². The molecule has 0 aliphatic rings. The van der Waals surface area contributed by atoms with Crippen LogP contribution in [0.1, 0.15) is 19.7 Å². The van der Waals surface area contributed by atoms with E-state index in [-0.39, 0.29) is 22.7 Å². The van der Waals surface area contributed by atoms with E-state index in [1.165, 1.54) is 11.6 Å². The molecule has 0 saturated heterocycles. The molecule has 9 heteroatoms. The first-order valence-corrected chi connectivity index (χ1v) is 10.2. The molecule has 0 saturated carbocycles. The second-order valence-electron chi connectivity index (χ2n) is 7.15. The number of hydrogen-bond donors (Lipinski definition) is 1. The zero-order valence-electron chi connectivity index (χ0n) is 16.8. The summed E-state index contributed by atoms with van der Waals surface area (Å²) in [6.45, 7) is 4.08. The number of para-hydroxylation sites is 1. The van der Waals surface area contributed by atoms with Gasteiger partial charge in [-0.05, 0) is 18.1 Å². The van der Waals surface area contributed by atoms with E-state index in [4.69, 9.17) is 0 Å². The minimum absolute atomic E-state index is 0.0775. The number of nitrogens with one attached hydrogen (secondary N) is 1. The van der Waals surface area contributed by atoms with Crippen molar-refractivity contribution in [2.45, 2.75) is 25.3 Å². The van der Waals surface area contributed by atoms with Crippen molar-refractivity contribution < 1.29 is 4.79 Å². The molecule has 152 valence electrons. The van der Waals surface area contributed by atoms with Crippen molar-refractivity contribution in [1.82, 2.24) is 19.1 Å². The third kappa shape index (κ3) is 4.56. The van der Waals surface area contributed by atoms with E-state index in [0.717, 1.165) is 16.3 Å². The summed E-state index contributed by atoms with van der Waals surface area (Å²) in [6, 6.07) is 9.14. The van der Waals surface area contributed by atoms with E-state index >= 15 is 0 Å². The monoisotopic (exact) mass is 413 g/mol. The Balaban J connectivity index is 1.99. The molecule has 3 rings (SSSR count). The second kappa shape index (κ2) is 8.60. The van der Waals surface area contributed by atoms with Crippen molar-refractivity contribution in [3.05, 3.63) is 57.0 Å². The number of aryl methyl sites for hydroxylation is 1. The van der Waals surface area contributed by atoms with Gasteiger partial charge in [0.05, 0.1) is 5.75 Å². The smallest absolute Gasteiger partial charge is 0.325 e. The summed E-state index contributed by atoms with van der Waals surface area (Å²) in [5.41, 5.74) is 0.0683. The molecule has 1 N–H and O–H groups in total. The summed E-state index contributed by atoms with van der Waals surface area (Å²) in [5, 5.41) is 3.47. The fourth-order valence-corrected chi connectivity index (χ4v) is 3.72. The molecule has 0 fully saturated rings. The molecular formula is C20H23N5O3S. The van der Waals surface area contributed by atoms with Crippen molar-refractivity contribution in [2.75, 3.05) is 11.1 Å². The Bertz CT molecular complexity index is 1170. The highest BCUT2D eigenvalue weighted by molar-refractivity contribution is 8.00. The van der Waals surface area contributed by atoms with Gasteiger partial charge < -0.3 is 5.32 Å². The molecule has 0 atom stereocenters. The molecule has 0 aliphatic heterocycles. The molecule has 0 unspecified atom stereocenters. The van der Waals surface area contributed by atoms with E-state index in [2.05, 4.69) is 15.3 Å². The predicted octanol–water partition coefficient (Wildman–Crippen LogP) is 1.96. The second-order valence-corrected chi connectivity index (χ2v) is 8.11. The molecule has 1 amide bonds. The largest absolute Gasteiger partial charge is 0.332 e. The van der Waals surface area contributed by atoms with Crippen molar-refractivity contribution >= 4 is 34.4 Å². The Hall–Kier alpha value is -2.94. The maximum Gasteiger partial charge on any atom is 0.332 e. The van der Waals surface area contributed by atoms with Gasteiger partial charge in [0.2, 0.25) is 5.91 Å². The Morgan fingerprint density at radius 3 is 2.45 bits per heavy atom. The number of rotatable bonds is 6. The standard InChI is InChI=1S/C20H23N5O3S/c1-12(2)10-14-22-17-16(19(27)25(4)20(28)24(17)3)18(23-14)29-11-15(26)21-13-8-6-5-7-9-13/h5-9,12H,10-11H2,1-4H3,(H,21,26). The van der Waals surface area contributed by atoms with Crippen LogP contribution in [0.2, 0.25) is 0 Å². The van der Waals surface area contributed by atoms with Crippen molar-refractivity contribution in [1.29, 1.82) is 0 Å². The van der Waals surface area contributed by atoms with Crippen LogP contribution in [0.25, 0.3) is 11.0 Å².